The Labute approximate surface area is 186 Å². The Hall–Kier alpha value is -1.90. The van der Waals surface area contributed by atoms with Crippen LogP contribution in [0.1, 0.15) is 46.7 Å². The SMILES string of the molecule is CC(C)(NC(=O)c1ccc(Cl)s1)C(=O)Nc1ccc(C(=O)N2CCCC2)c(Br)c1. The second-order valence-corrected chi connectivity index (χ2v) is 9.90. The van der Waals surface area contributed by atoms with Crippen molar-refractivity contribution < 1.29 is 14.4 Å². The van der Waals surface area contributed by atoms with Gasteiger partial charge in [-0.25, -0.2) is 0 Å². The summed E-state index contributed by atoms with van der Waals surface area (Å²) < 4.78 is 1.12. The van der Waals surface area contributed by atoms with Gasteiger partial charge in [-0.2, -0.15) is 0 Å². The third-order valence-electron chi connectivity index (χ3n) is 4.64. The fourth-order valence-corrected chi connectivity index (χ4v) is 4.47. The Kier molecular flexibility index (Phi) is 6.65. The van der Waals surface area contributed by atoms with E-state index in [0.29, 0.717) is 24.9 Å². The summed E-state index contributed by atoms with van der Waals surface area (Å²) in [6.07, 6.45) is 2.05. The first-order valence-electron chi connectivity index (χ1n) is 9.15. The van der Waals surface area contributed by atoms with Gasteiger partial charge in [-0.3, -0.25) is 14.4 Å². The maximum atomic E-state index is 12.7. The monoisotopic (exact) mass is 497 g/mol. The number of nitrogens with zero attached hydrogens (tertiary/aromatic N) is 1. The standard InChI is InChI=1S/C20H21BrClN3O3S/c1-20(2,24-17(26)15-7-8-16(22)29-15)19(28)23-12-5-6-13(14(21)11-12)18(27)25-9-3-4-10-25/h5-8,11H,3-4,9-10H2,1-2H3,(H,23,28)(H,24,26). The second kappa shape index (κ2) is 8.85. The summed E-state index contributed by atoms with van der Waals surface area (Å²) in [6, 6.07) is 8.32. The van der Waals surface area contributed by atoms with E-state index in [-0.39, 0.29) is 17.7 Å². The lowest BCUT2D eigenvalue weighted by Gasteiger charge is -2.25. The molecule has 1 aliphatic rings. The van der Waals surface area contributed by atoms with Crippen molar-refractivity contribution in [3.05, 3.63) is 49.6 Å². The summed E-state index contributed by atoms with van der Waals surface area (Å²) in [6.45, 7) is 4.78. The summed E-state index contributed by atoms with van der Waals surface area (Å²) in [7, 11) is 0. The number of amides is 3. The molecule has 1 aliphatic heterocycles. The molecule has 0 radical (unpaired) electrons. The molecule has 29 heavy (non-hydrogen) atoms. The molecule has 9 heteroatoms. The number of halogens is 2. The van der Waals surface area contributed by atoms with Crippen LogP contribution < -0.4 is 10.6 Å². The molecule has 0 spiro atoms. The van der Waals surface area contributed by atoms with E-state index in [2.05, 4.69) is 26.6 Å². The van der Waals surface area contributed by atoms with Crippen LogP contribution in [0.3, 0.4) is 0 Å². The van der Waals surface area contributed by atoms with Crippen molar-refractivity contribution in [2.24, 2.45) is 0 Å². The highest BCUT2D eigenvalue weighted by Crippen LogP contribution is 2.25. The quantitative estimate of drug-likeness (QED) is 0.635. The average molecular weight is 499 g/mol. The Morgan fingerprint density at radius 3 is 2.41 bits per heavy atom. The maximum absolute atomic E-state index is 12.7. The van der Waals surface area contributed by atoms with Crippen molar-refractivity contribution in [3.63, 3.8) is 0 Å². The van der Waals surface area contributed by atoms with Gasteiger partial charge in [0.2, 0.25) is 5.91 Å². The van der Waals surface area contributed by atoms with Gasteiger partial charge in [0.1, 0.15) is 5.54 Å². The summed E-state index contributed by atoms with van der Waals surface area (Å²) in [5.41, 5.74) is -0.0577. The first-order chi connectivity index (χ1) is 13.7. The minimum absolute atomic E-state index is 0.0190. The topological polar surface area (TPSA) is 78.5 Å². The zero-order valence-electron chi connectivity index (χ0n) is 16.1. The van der Waals surface area contributed by atoms with Crippen LogP contribution in [0.2, 0.25) is 4.34 Å². The number of carbonyl (C=O) groups excluding carboxylic acids is 3. The van der Waals surface area contributed by atoms with Crippen molar-refractivity contribution in [3.8, 4) is 0 Å². The minimum Gasteiger partial charge on any atom is -0.339 e. The largest absolute Gasteiger partial charge is 0.339 e. The molecule has 6 nitrogen and oxygen atoms in total. The lowest BCUT2D eigenvalue weighted by molar-refractivity contribution is -0.120. The summed E-state index contributed by atoms with van der Waals surface area (Å²) in [5.74, 6) is -0.761. The van der Waals surface area contributed by atoms with Gasteiger partial charge in [0.05, 0.1) is 14.8 Å². The van der Waals surface area contributed by atoms with Crippen molar-refractivity contribution in [1.82, 2.24) is 10.2 Å². The van der Waals surface area contributed by atoms with E-state index in [1.165, 1.54) is 0 Å². The molecule has 0 bridgehead atoms. The molecule has 0 atom stereocenters. The first kappa shape index (κ1) is 21.8. The molecule has 0 saturated carbocycles. The Bertz CT molecular complexity index is 954. The third-order valence-corrected chi connectivity index (χ3v) is 6.53. The number of carbonyl (C=O) groups is 3. The second-order valence-electron chi connectivity index (χ2n) is 7.33. The third kappa shape index (κ3) is 5.18. The van der Waals surface area contributed by atoms with E-state index >= 15 is 0 Å². The van der Waals surface area contributed by atoms with Crippen molar-refractivity contribution in [1.29, 1.82) is 0 Å². The molecule has 1 aromatic carbocycles. The van der Waals surface area contributed by atoms with Crippen LogP contribution in [-0.4, -0.2) is 41.2 Å². The number of hydrogen-bond acceptors (Lipinski definition) is 4. The van der Waals surface area contributed by atoms with Crippen LogP contribution in [0, 0.1) is 0 Å². The molecule has 2 N–H and O–H groups in total. The number of benzene rings is 1. The molecule has 2 heterocycles. The molecule has 0 aliphatic carbocycles. The number of anilines is 1. The Morgan fingerprint density at radius 1 is 1.14 bits per heavy atom. The molecule has 1 aromatic heterocycles. The highest BCUT2D eigenvalue weighted by molar-refractivity contribution is 9.10. The van der Waals surface area contributed by atoms with E-state index in [9.17, 15) is 14.4 Å². The summed E-state index contributed by atoms with van der Waals surface area (Å²) in [4.78, 5) is 39.9. The van der Waals surface area contributed by atoms with Gasteiger partial charge in [-0.15, -0.1) is 11.3 Å². The van der Waals surface area contributed by atoms with Crippen LogP contribution in [0.15, 0.2) is 34.8 Å². The minimum atomic E-state index is -1.15. The summed E-state index contributed by atoms with van der Waals surface area (Å²) in [5, 5.41) is 5.51. The molecule has 3 rings (SSSR count). The smallest absolute Gasteiger partial charge is 0.262 e. The zero-order chi connectivity index (χ0) is 21.2. The molecule has 154 valence electrons. The van der Waals surface area contributed by atoms with E-state index in [1.807, 2.05) is 4.90 Å². The lowest BCUT2D eigenvalue weighted by atomic mass is 10.0. The number of nitrogens with one attached hydrogen (secondary N) is 2. The fourth-order valence-electron chi connectivity index (χ4n) is 2.98. The molecule has 1 saturated heterocycles. The number of likely N-dealkylation sites (tertiary alicyclic amines) is 1. The molecule has 1 fully saturated rings. The maximum Gasteiger partial charge on any atom is 0.262 e. The zero-order valence-corrected chi connectivity index (χ0v) is 19.2. The Morgan fingerprint density at radius 2 is 1.83 bits per heavy atom. The molecule has 2 aromatic rings. The molecule has 3 amide bonds. The van der Waals surface area contributed by atoms with Gasteiger partial charge >= 0.3 is 0 Å². The fraction of sp³-hybridized carbons (Fsp3) is 0.350. The summed E-state index contributed by atoms with van der Waals surface area (Å²) >= 11 is 10.4. The number of thiophene rings is 1. The highest BCUT2D eigenvalue weighted by Gasteiger charge is 2.30. The first-order valence-corrected chi connectivity index (χ1v) is 11.1. The van der Waals surface area contributed by atoms with Crippen LogP contribution in [-0.2, 0) is 4.79 Å². The number of hydrogen-bond donors (Lipinski definition) is 2. The van der Waals surface area contributed by atoms with E-state index in [4.69, 9.17) is 11.6 Å². The van der Waals surface area contributed by atoms with Gasteiger partial charge in [0.25, 0.3) is 11.8 Å². The molecule has 0 unspecified atom stereocenters. The van der Waals surface area contributed by atoms with E-state index in [0.717, 1.165) is 37.3 Å². The van der Waals surface area contributed by atoms with Gasteiger partial charge in [-0.1, -0.05) is 11.6 Å². The van der Waals surface area contributed by atoms with Crippen LogP contribution in [0.5, 0.6) is 0 Å². The van der Waals surface area contributed by atoms with E-state index in [1.54, 1.807) is 44.2 Å². The van der Waals surface area contributed by atoms with E-state index < -0.39 is 5.54 Å². The predicted molar refractivity (Wildman–Crippen MR) is 119 cm³/mol. The van der Waals surface area contributed by atoms with Crippen molar-refractivity contribution in [2.75, 3.05) is 18.4 Å². The van der Waals surface area contributed by atoms with Gasteiger partial charge in [-0.05, 0) is 73.0 Å². The highest BCUT2D eigenvalue weighted by atomic mass is 79.9. The normalized spacial score (nSPS) is 14.0. The predicted octanol–water partition coefficient (Wildman–Crippen LogP) is 4.55. The van der Waals surface area contributed by atoms with Gasteiger partial charge in [0.15, 0.2) is 0 Å². The van der Waals surface area contributed by atoms with Crippen LogP contribution in [0.4, 0.5) is 5.69 Å². The molecular formula is C20H21BrClN3O3S. The van der Waals surface area contributed by atoms with Gasteiger partial charge < -0.3 is 15.5 Å². The van der Waals surface area contributed by atoms with Crippen LogP contribution >= 0.6 is 38.9 Å². The Balaban J connectivity index is 1.66. The van der Waals surface area contributed by atoms with Crippen molar-refractivity contribution >= 4 is 62.3 Å². The lowest BCUT2D eigenvalue weighted by Crippen LogP contribution is -2.52. The van der Waals surface area contributed by atoms with Crippen molar-refractivity contribution in [2.45, 2.75) is 32.2 Å². The number of rotatable bonds is 5. The molecular weight excluding hydrogens is 478 g/mol. The average Bonchev–Trinajstić information content (AvgIpc) is 3.32. The van der Waals surface area contributed by atoms with Crippen LogP contribution in [0.25, 0.3) is 0 Å². The van der Waals surface area contributed by atoms with Gasteiger partial charge in [0, 0.05) is 23.2 Å².